The Hall–Kier alpha value is -2.56. The maximum absolute atomic E-state index is 13.2. The second kappa shape index (κ2) is 14.5. The van der Waals surface area contributed by atoms with Crippen molar-refractivity contribution in [3.8, 4) is 0 Å². The summed E-state index contributed by atoms with van der Waals surface area (Å²) >= 11 is 0. The van der Waals surface area contributed by atoms with Crippen LogP contribution in [0.2, 0.25) is 0 Å². The van der Waals surface area contributed by atoms with E-state index in [0.717, 1.165) is 0 Å². The number of rotatable bonds is 13. The first-order chi connectivity index (χ1) is 21.5. The van der Waals surface area contributed by atoms with Gasteiger partial charge in [-0.3, -0.25) is 28.7 Å². The molecule has 0 amide bonds. The molecule has 0 aromatic rings. The fraction of sp³-hybridized carbons (Fsp3) is 0.857. The second-order valence-electron chi connectivity index (χ2n) is 12.5. The number of esters is 4. The predicted octanol–water partition coefficient (Wildman–Crippen LogP) is -3.29. The van der Waals surface area contributed by atoms with Crippen LogP contribution in [0.3, 0.4) is 0 Å². The fourth-order valence-corrected chi connectivity index (χ4v) is 4.32. The van der Waals surface area contributed by atoms with Gasteiger partial charge < -0.3 is 64.5 Å². The fourth-order valence-electron chi connectivity index (χ4n) is 4.32. The molecule has 0 aromatic carbocycles. The molecule has 2 rings (SSSR count). The Kier molecular flexibility index (Phi) is 12.5. The Labute approximate surface area is 269 Å². The highest BCUT2D eigenvalue weighted by molar-refractivity contribution is 5.75. The molecular weight excluding hydrogens is 640 g/mol. The van der Waals surface area contributed by atoms with Crippen LogP contribution in [-0.4, -0.2) is 138 Å². The highest BCUT2D eigenvalue weighted by Crippen LogP contribution is 2.55. The van der Waals surface area contributed by atoms with E-state index in [2.05, 4.69) is 0 Å². The summed E-state index contributed by atoms with van der Waals surface area (Å²) in [5.74, 6) is -30.5. The summed E-state index contributed by atoms with van der Waals surface area (Å²) in [4.78, 5) is 52.4. The van der Waals surface area contributed by atoms with Crippen molar-refractivity contribution in [2.24, 2.45) is 23.7 Å². The molecular formula is C28H46O19. The van der Waals surface area contributed by atoms with Crippen molar-refractivity contribution in [3.63, 3.8) is 0 Å². The Morgan fingerprint density at radius 3 is 1.45 bits per heavy atom. The standard InChI is InChI=1S/C28H46O19/c1-12(2)20(34)43-25(38)17(10-30)42-28(46-23(37)15(7)8,47-24(11-31)19(33)18(32)16(9-29)41-24)27(40,45-22(36)14(5)6)26(25,39)44-21(35)13(3)4/h12-19,29-33,38-40H,9-11H2,1-8H3/t16-,17-,18-,19+,24?,25+,26-,27+,28+/m1/s1. The summed E-state index contributed by atoms with van der Waals surface area (Å²) in [6, 6.07) is 0. The molecule has 0 aliphatic carbocycles. The Morgan fingerprint density at radius 2 is 1.06 bits per heavy atom. The maximum atomic E-state index is 13.2. The van der Waals surface area contributed by atoms with Gasteiger partial charge in [0.05, 0.1) is 36.9 Å². The maximum Gasteiger partial charge on any atom is 0.409 e. The van der Waals surface area contributed by atoms with E-state index in [9.17, 15) is 60.0 Å². The molecule has 0 aromatic heterocycles. The number of aliphatic hydroxyl groups is 8. The van der Waals surface area contributed by atoms with Crippen molar-refractivity contribution in [2.75, 3.05) is 19.8 Å². The van der Waals surface area contributed by atoms with Gasteiger partial charge in [0.25, 0.3) is 0 Å². The number of aliphatic hydroxyl groups excluding tert-OH is 5. The zero-order valence-electron chi connectivity index (χ0n) is 27.3. The Morgan fingerprint density at radius 1 is 0.638 bits per heavy atom. The molecule has 2 aliphatic rings. The van der Waals surface area contributed by atoms with E-state index in [0.29, 0.717) is 0 Å². The van der Waals surface area contributed by atoms with E-state index in [1.54, 1.807) is 0 Å². The minimum atomic E-state index is -4.44. The third-order valence-corrected chi connectivity index (χ3v) is 7.35. The van der Waals surface area contributed by atoms with Crippen LogP contribution in [0.5, 0.6) is 0 Å². The molecule has 0 bridgehead atoms. The van der Waals surface area contributed by atoms with Gasteiger partial charge in [0.1, 0.15) is 24.9 Å². The molecule has 9 atom stereocenters. The van der Waals surface area contributed by atoms with E-state index in [1.807, 2.05) is 0 Å². The summed E-state index contributed by atoms with van der Waals surface area (Å²) in [7, 11) is 0. The summed E-state index contributed by atoms with van der Waals surface area (Å²) in [6.07, 6.45) is -8.87. The normalized spacial score (nSPS) is 37.4. The monoisotopic (exact) mass is 686 g/mol. The van der Waals surface area contributed by atoms with Crippen molar-refractivity contribution in [1.82, 2.24) is 0 Å². The van der Waals surface area contributed by atoms with Crippen LogP contribution in [-0.2, 0) is 52.3 Å². The largest absolute Gasteiger partial charge is 0.422 e. The van der Waals surface area contributed by atoms with E-state index in [-0.39, 0.29) is 0 Å². The zero-order chi connectivity index (χ0) is 36.5. The first-order valence-corrected chi connectivity index (χ1v) is 14.8. The average molecular weight is 687 g/mol. The third-order valence-electron chi connectivity index (χ3n) is 7.35. The van der Waals surface area contributed by atoms with Gasteiger partial charge in [0.2, 0.25) is 5.79 Å². The first-order valence-electron chi connectivity index (χ1n) is 14.8. The van der Waals surface area contributed by atoms with Crippen molar-refractivity contribution in [2.45, 2.75) is 109 Å². The van der Waals surface area contributed by atoms with Gasteiger partial charge >= 0.3 is 47.2 Å². The molecule has 0 saturated carbocycles. The zero-order valence-corrected chi connectivity index (χ0v) is 27.3. The lowest BCUT2D eigenvalue weighted by atomic mass is 9.85. The summed E-state index contributed by atoms with van der Waals surface area (Å²) in [5.41, 5.74) is 0. The van der Waals surface area contributed by atoms with E-state index < -0.39 is 121 Å². The van der Waals surface area contributed by atoms with Crippen molar-refractivity contribution >= 4 is 23.9 Å². The molecule has 2 saturated heterocycles. The van der Waals surface area contributed by atoms with Gasteiger partial charge in [-0.05, 0) is 0 Å². The number of carbonyl (C=O) groups is 4. The van der Waals surface area contributed by atoms with Crippen LogP contribution in [0, 0.1) is 23.7 Å². The van der Waals surface area contributed by atoms with E-state index in [4.69, 9.17) is 33.2 Å². The van der Waals surface area contributed by atoms with E-state index >= 15 is 0 Å². The minimum Gasteiger partial charge on any atom is -0.422 e. The topological polar surface area (TPSA) is 295 Å². The van der Waals surface area contributed by atoms with Gasteiger partial charge in [-0.15, -0.1) is 0 Å². The molecule has 0 spiro atoms. The smallest absolute Gasteiger partial charge is 0.409 e. The number of hydrogen-bond acceptors (Lipinski definition) is 19. The van der Waals surface area contributed by atoms with Gasteiger partial charge in [-0.25, -0.2) is 0 Å². The van der Waals surface area contributed by atoms with E-state index in [1.165, 1.54) is 55.4 Å². The van der Waals surface area contributed by atoms with Crippen molar-refractivity contribution in [1.29, 1.82) is 0 Å². The Bertz CT molecular complexity index is 1160. The molecule has 2 heterocycles. The molecule has 2 fully saturated rings. The Balaban J connectivity index is 3.17. The van der Waals surface area contributed by atoms with Crippen LogP contribution < -0.4 is 0 Å². The lowest BCUT2D eigenvalue weighted by Crippen LogP contribution is -2.89. The quantitative estimate of drug-likeness (QED) is 0.0535. The summed E-state index contributed by atoms with van der Waals surface area (Å²) in [5, 5.41) is 88.6. The molecule has 8 N–H and O–H groups in total. The van der Waals surface area contributed by atoms with Crippen LogP contribution in [0.15, 0.2) is 0 Å². The van der Waals surface area contributed by atoms with Crippen molar-refractivity contribution < 1.29 is 93.2 Å². The van der Waals surface area contributed by atoms with Gasteiger partial charge in [0.15, 0.2) is 6.10 Å². The first kappa shape index (κ1) is 40.6. The summed E-state index contributed by atoms with van der Waals surface area (Å²) < 4.78 is 37.2. The molecule has 19 nitrogen and oxygen atoms in total. The highest BCUT2D eigenvalue weighted by Gasteiger charge is 2.89. The molecule has 19 heteroatoms. The van der Waals surface area contributed by atoms with Crippen LogP contribution in [0.1, 0.15) is 55.4 Å². The average Bonchev–Trinajstić information content (AvgIpc) is 3.22. The molecule has 1 unspecified atom stereocenters. The molecule has 272 valence electrons. The third kappa shape index (κ3) is 6.97. The van der Waals surface area contributed by atoms with Crippen molar-refractivity contribution in [3.05, 3.63) is 0 Å². The van der Waals surface area contributed by atoms with Gasteiger partial charge in [-0.1, -0.05) is 55.4 Å². The lowest BCUT2D eigenvalue weighted by Gasteiger charge is -2.59. The lowest BCUT2D eigenvalue weighted by molar-refractivity contribution is -0.616. The van der Waals surface area contributed by atoms with Gasteiger partial charge in [-0.2, -0.15) is 0 Å². The molecule has 47 heavy (non-hydrogen) atoms. The highest BCUT2D eigenvalue weighted by atomic mass is 17.0. The van der Waals surface area contributed by atoms with Crippen LogP contribution in [0.25, 0.3) is 0 Å². The number of hydrogen-bond donors (Lipinski definition) is 8. The minimum absolute atomic E-state index is 1.02. The van der Waals surface area contributed by atoms with Gasteiger partial charge in [0, 0.05) is 0 Å². The number of ether oxygens (including phenoxy) is 7. The second-order valence-corrected chi connectivity index (χ2v) is 12.5. The van der Waals surface area contributed by atoms with Crippen LogP contribution >= 0.6 is 0 Å². The SMILES string of the molecule is CC(C)C(=O)O[C@@]1(OC2(CO)O[C@H](CO)[C@@H](O)[C@@H]2O)O[C@H](CO)[C@](O)(OC(=O)C(C)C)[C@@](O)(OC(=O)C(C)C)[C@]1(O)OC(=O)C(C)C. The molecule has 0 radical (unpaired) electrons. The van der Waals surface area contributed by atoms with Crippen LogP contribution in [0.4, 0.5) is 0 Å². The summed E-state index contributed by atoms with van der Waals surface area (Å²) in [6.45, 7) is 5.76. The molecule has 2 aliphatic heterocycles. The number of carbonyl (C=O) groups excluding carboxylic acids is 4. The predicted molar refractivity (Wildman–Crippen MR) is 148 cm³/mol.